The first kappa shape index (κ1) is 12.1. The molecule has 0 spiro atoms. The molecule has 17 heavy (non-hydrogen) atoms. The third-order valence-electron chi connectivity index (χ3n) is 2.72. The van der Waals surface area contributed by atoms with Crippen LogP contribution in [0.3, 0.4) is 0 Å². The maximum absolute atomic E-state index is 11.9. The maximum atomic E-state index is 11.9. The van der Waals surface area contributed by atoms with E-state index >= 15 is 0 Å². The van der Waals surface area contributed by atoms with E-state index in [1.807, 2.05) is 31.5 Å². The summed E-state index contributed by atoms with van der Waals surface area (Å²) in [4.78, 5) is 13.6. The van der Waals surface area contributed by atoms with Crippen LogP contribution in [0.25, 0.3) is 10.1 Å². The molecule has 0 saturated carbocycles. The van der Waals surface area contributed by atoms with Crippen LogP contribution in [0.5, 0.6) is 0 Å². The molecule has 0 aliphatic carbocycles. The minimum atomic E-state index is 0.0930. The number of benzene rings is 1. The van der Waals surface area contributed by atoms with E-state index in [1.54, 1.807) is 16.2 Å². The molecule has 1 heterocycles. The zero-order valence-corrected chi connectivity index (χ0v) is 10.9. The third kappa shape index (κ3) is 2.48. The van der Waals surface area contributed by atoms with Gasteiger partial charge >= 0.3 is 0 Å². The Balaban J connectivity index is 2.24. The quantitative estimate of drug-likeness (QED) is 0.901. The average molecular weight is 248 g/mol. The summed E-state index contributed by atoms with van der Waals surface area (Å²) in [5.74, 6) is 0.0930. The van der Waals surface area contributed by atoms with E-state index in [0.717, 1.165) is 17.6 Å². The van der Waals surface area contributed by atoms with Crippen LogP contribution in [-0.2, 0) is 4.79 Å². The number of thiophene rings is 1. The van der Waals surface area contributed by atoms with Crippen molar-refractivity contribution in [2.24, 2.45) is 0 Å². The van der Waals surface area contributed by atoms with Crippen LogP contribution < -0.4 is 10.2 Å². The summed E-state index contributed by atoms with van der Waals surface area (Å²) in [6.07, 6.45) is 0. The molecule has 1 N–H and O–H groups in total. The Morgan fingerprint density at radius 1 is 1.41 bits per heavy atom. The molecule has 0 bridgehead atoms. The molecule has 0 aliphatic rings. The Bertz CT molecular complexity index is 521. The number of amides is 1. The number of likely N-dealkylation sites (N-methyl/N-ethyl adjacent to an activating group) is 2. The summed E-state index contributed by atoms with van der Waals surface area (Å²) in [6, 6.07) is 8.15. The van der Waals surface area contributed by atoms with Gasteiger partial charge in [-0.25, -0.2) is 0 Å². The van der Waals surface area contributed by atoms with Crippen molar-refractivity contribution in [2.45, 2.75) is 6.92 Å². The number of hydrogen-bond donors (Lipinski definition) is 1. The summed E-state index contributed by atoms with van der Waals surface area (Å²) in [6.45, 7) is 3.19. The zero-order chi connectivity index (χ0) is 12.3. The number of anilines is 1. The van der Waals surface area contributed by atoms with Gasteiger partial charge in [-0.1, -0.05) is 25.1 Å². The monoisotopic (exact) mass is 248 g/mol. The number of rotatable bonds is 4. The lowest BCUT2D eigenvalue weighted by molar-refractivity contribution is -0.117. The number of nitrogens with one attached hydrogen (secondary N) is 1. The van der Waals surface area contributed by atoms with E-state index in [1.165, 1.54) is 4.70 Å². The summed E-state index contributed by atoms with van der Waals surface area (Å²) < 4.78 is 1.21. The van der Waals surface area contributed by atoms with Gasteiger partial charge in [0.2, 0.25) is 5.91 Å². The van der Waals surface area contributed by atoms with Crippen LogP contribution in [0, 0.1) is 0 Å². The molecule has 2 rings (SSSR count). The van der Waals surface area contributed by atoms with E-state index in [0.29, 0.717) is 6.54 Å². The predicted molar refractivity (Wildman–Crippen MR) is 73.8 cm³/mol. The normalized spacial score (nSPS) is 10.7. The smallest absolute Gasteiger partial charge is 0.240 e. The number of carbonyl (C=O) groups is 1. The number of carbonyl (C=O) groups excluding carboxylic acids is 1. The van der Waals surface area contributed by atoms with Gasteiger partial charge in [0.1, 0.15) is 0 Å². The van der Waals surface area contributed by atoms with Gasteiger partial charge < -0.3 is 10.2 Å². The molecule has 1 aromatic carbocycles. The van der Waals surface area contributed by atoms with Crippen molar-refractivity contribution in [3.63, 3.8) is 0 Å². The second kappa shape index (κ2) is 5.29. The Morgan fingerprint density at radius 3 is 2.94 bits per heavy atom. The number of nitrogens with zero attached hydrogens (tertiary/aromatic N) is 1. The van der Waals surface area contributed by atoms with Crippen molar-refractivity contribution in [3.8, 4) is 0 Å². The fourth-order valence-corrected chi connectivity index (χ4v) is 2.69. The first-order valence-corrected chi connectivity index (χ1v) is 6.55. The predicted octanol–water partition coefficient (Wildman–Crippen LogP) is 2.47. The molecule has 0 saturated heterocycles. The van der Waals surface area contributed by atoms with Crippen LogP contribution in [-0.4, -0.2) is 26.0 Å². The molecule has 90 valence electrons. The molecule has 0 fully saturated rings. The van der Waals surface area contributed by atoms with Gasteiger partial charge in [-0.15, -0.1) is 11.3 Å². The molecular formula is C13H16N2OS. The van der Waals surface area contributed by atoms with Crippen molar-refractivity contribution < 1.29 is 4.79 Å². The fraction of sp³-hybridized carbons (Fsp3) is 0.308. The Labute approximate surface area is 105 Å². The highest BCUT2D eigenvalue weighted by molar-refractivity contribution is 7.17. The fourth-order valence-electron chi connectivity index (χ4n) is 1.71. The van der Waals surface area contributed by atoms with Crippen LogP contribution in [0.4, 0.5) is 5.69 Å². The van der Waals surface area contributed by atoms with E-state index in [-0.39, 0.29) is 5.91 Å². The van der Waals surface area contributed by atoms with E-state index < -0.39 is 0 Å². The average Bonchev–Trinajstić information content (AvgIpc) is 2.78. The molecule has 0 radical (unpaired) electrons. The lowest BCUT2D eigenvalue weighted by Crippen LogP contribution is -2.35. The van der Waals surface area contributed by atoms with Gasteiger partial charge in [-0.2, -0.15) is 0 Å². The van der Waals surface area contributed by atoms with E-state index in [2.05, 4.69) is 17.4 Å². The van der Waals surface area contributed by atoms with Crippen molar-refractivity contribution in [1.29, 1.82) is 0 Å². The number of hydrogen-bond acceptors (Lipinski definition) is 3. The summed E-state index contributed by atoms with van der Waals surface area (Å²) >= 11 is 1.67. The molecule has 4 heteroatoms. The molecule has 1 aromatic heterocycles. The van der Waals surface area contributed by atoms with Crippen LogP contribution >= 0.6 is 11.3 Å². The Morgan fingerprint density at radius 2 is 2.18 bits per heavy atom. The van der Waals surface area contributed by atoms with Gasteiger partial charge in [-0.05, 0) is 12.6 Å². The highest BCUT2D eigenvalue weighted by Gasteiger charge is 2.13. The molecule has 2 aromatic rings. The zero-order valence-electron chi connectivity index (χ0n) is 10.1. The van der Waals surface area contributed by atoms with Crippen LogP contribution in [0.1, 0.15) is 6.92 Å². The highest BCUT2D eigenvalue weighted by Crippen LogP contribution is 2.32. The topological polar surface area (TPSA) is 32.3 Å². The number of fused-ring (bicyclic) bond motifs is 1. The first-order valence-electron chi connectivity index (χ1n) is 5.67. The largest absolute Gasteiger partial charge is 0.313 e. The molecule has 3 nitrogen and oxygen atoms in total. The second-order valence-corrected chi connectivity index (χ2v) is 4.76. The lowest BCUT2D eigenvalue weighted by Gasteiger charge is -2.16. The minimum absolute atomic E-state index is 0.0930. The van der Waals surface area contributed by atoms with Gasteiger partial charge in [0, 0.05) is 22.5 Å². The minimum Gasteiger partial charge on any atom is -0.313 e. The molecule has 1 amide bonds. The van der Waals surface area contributed by atoms with Gasteiger partial charge in [0.15, 0.2) is 0 Å². The second-order valence-electron chi connectivity index (χ2n) is 3.85. The van der Waals surface area contributed by atoms with Crippen molar-refractivity contribution in [3.05, 3.63) is 29.6 Å². The van der Waals surface area contributed by atoms with Gasteiger partial charge in [0.05, 0.1) is 12.2 Å². The van der Waals surface area contributed by atoms with Crippen molar-refractivity contribution in [1.82, 2.24) is 5.32 Å². The lowest BCUT2D eigenvalue weighted by atomic mass is 10.2. The highest BCUT2D eigenvalue weighted by atomic mass is 32.1. The van der Waals surface area contributed by atoms with E-state index in [4.69, 9.17) is 0 Å². The van der Waals surface area contributed by atoms with Crippen molar-refractivity contribution >= 4 is 33.0 Å². The molecule has 0 atom stereocenters. The maximum Gasteiger partial charge on any atom is 0.240 e. The Kier molecular flexibility index (Phi) is 3.76. The van der Waals surface area contributed by atoms with Crippen LogP contribution in [0.15, 0.2) is 29.6 Å². The van der Waals surface area contributed by atoms with Crippen molar-refractivity contribution in [2.75, 3.05) is 25.0 Å². The molecule has 0 unspecified atom stereocenters. The SMILES string of the molecule is CCNCC(=O)N(C)c1csc2ccccc12. The first-order chi connectivity index (χ1) is 8.24. The van der Waals surface area contributed by atoms with E-state index in [9.17, 15) is 4.79 Å². The third-order valence-corrected chi connectivity index (χ3v) is 3.67. The molecular weight excluding hydrogens is 232 g/mol. The Hall–Kier alpha value is -1.39. The van der Waals surface area contributed by atoms with Gasteiger partial charge in [-0.3, -0.25) is 4.79 Å². The van der Waals surface area contributed by atoms with Gasteiger partial charge in [0.25, 0.3) is 0 Å². The summed E-state index contributed by atoms with van der Waals surface area (Å²) in [5.41, 5.74) is 0.994. The van der Waals surface area contributed by atoms with Crippen LogP contribution in [0.2, 0.25) is 0 Å². The standard InChI is InChI=1S/C13H16N2OS/c1-3-14-8-13(16)15(2)11-9-17-12-7-5-4-6-10(11)12/h4-7,9,14H,3,8H2,1-2H3. The summed E-state index contributed by atoms with van der Waals surface area (Å²) in [5, 5.41) is 6.23. The molecule has 0 aliphatic heterocycles. The summed E-state index contributed by atoms with van der Waals surface area (Å²) in [7, 11) is 1.83.